The van der Waals surface area contributed by atoms with E-state index in [1.807, 2.05) is 6.07 Å². The van der Waals surface area contributed by atoms with E-state index in [1.54, 1.807) is 24.3 Å². The second-order valence-corrected chi connectivity index (χ2v) is 4.78. The number of amides is 1. The van der Waals surface area contributed by atoms with Crippen molar-refractivity contribution in [2.75, 3.05) is 24.2 Å². The first-order valence-corrected chi connectivity index (χ1v) is 6.81. The lowest BCUT2D eigenvalue weighted by molar-refractivity contribution is -0.117. The van der Waals surface area contributed by atoms with E-state index in [0.29, 0.717) is 12.2 Å². The summed E-state index contributed by atoms with van der Waals surface area (Å²) < 4.78 is 5.41. The third-order valence-corrected chi connectivity index (χ3v) is 3.17. The molecule has 1 fully saturated rings. The Morgan fingerprint density at radius 3 is 2.86 bits per heavy atom. The zero-order valence-electron chi connectivity index (χ0n) is 11.6. The van der Waals surface area contributed by atoms with Gasteiger partial charge in [-0.25, -0.2) is 0 Å². The van der Waals surface area contributed by atoms with Crippen LogP contribution in [0.3, 0.4) is 0 Å². The third kappa shape index (κ3) is 4.51. The molecule has 1 aromatic rings. The predicted octanol–water partition coefficient (Wildman–Crippen LogP) is 1.38. The number of rotatable bonds is 5. The maximum absolute atomic E-state index is 11.9. The maximum Gasteiger partial charge on any atom is 0.263 e. The van der Waals surface area contributed by atoms with Crippen LogP contribution in [0.4, 0.5) is 11.4 Å². The standard InChI is InChI=1S/C15H18N4O2/c16-8-11(9-18-13-5-3-12(17)4-6-13)15(20)19-10-14-2-1-7-21-14/h3-6,9,14,18H,1-2,7,10,17H2,(H,19,20)/b11-9-. The van der Waals surface area contributed by atoms with Gasteiger partial charge >= 0.3 is 0 Å². The van der Waals surface area contributed by atoms with Gasteiger partial charge in [-0.15, -0.1) is 0 Å². The molecule has 2 rings (SSSR count). The van der Waals surface area contributed by atoms with Gasteiger partial charge in [-0.3, -0.25) is 4.79 Å². The van der Waals surface area contributed by atoms with Crippen molar-refractivity contribution in [2.24, 2.45) is 0 Å². The van der Waals surface area contributed by atoms with Crippen LogP contribution in [0.25, 0.3) is 0 Å². The highest BCUT2D eigenvalue weighted by molar-refractivity contribution is 5.97. The van der Waals surface area contributed by atoms with Gasteiger partial charge in [-0.05, 0) is 37.1 Å². The number of nitriles is 1. The Labute approximate surface area is 123 Å². The van der Waals surface area contributed by atoms with E-state index in [1.165, 1.54) is 6.20 Å². The van der Waals surface area contributed by atoms with Gasteiger partial charge in [0.15, 0.2) is 0 Å². The average Bonchev–Trinajstić information content (AvgIpc) is 3.01. The molecule has 1 aliphatic heterocycles. The topological polar surface area (TPSA) is 100 Å². The third-order valence-electron chi connectivity index (χ3n) is 3.17. The van der Waals surface area contributed by atoms with Crippen LogP contribution in [0.1, 0.15) is 12.8 Å². The van der Waals surface area contributed by atoms with Crippen LogP contribution in [0.5, 0.6) is 0 Å². The summed E-state index contributed by atoms with van der Waals surface area (Å²) in [7, 11) is 0. The smallest absolute Gasteiger partial charge is 0.263 e. The van der Waals surface area contributed by atoms with Crippen molar-refractivity contribution in [1.82, 2.24) is 5.32 Å². The van der Waals surface area contributed by atoms with E-state index in [2.05, 4.69) is 10.6 Å². The van der Waals surface area contributed by atoms with Gasteiger partial charge in [0, 0.05) is 30.7 Å². The highest BCUT2D eigenvalue weighted by atomic mass is 16.5. The van der Waals surface area contributed by atoms with Crippen LogP contribution < -0.4 is 16.4 Å². The van der Waals surface area contributed by atoms with Crippen molar-refractivity contribution in [3.8, 4) is 6.07 Å². The van der Waals surface area contributed by atoms with Gasteiger partial charge in [-0.1, -0.05) is 0 Å². The fraction of sp³-hybridized carbons (Fsp3) is 0.333. The Morgan fingerprint density at radius 1 is 1.48 bits per heavy atom. The number of carbonyl (C=O) groups is 1. The summed E-state index contributed by atoms with van der Waals surface area (Å²) in [6.07, 6.45) is 3.39. The molecule has 6 heteroatoms. The summed E-state index contributed by atoms with van der Waals surface area (Å²) in [6, 6.07) is 8.89. The molecule has 6 nitrogen and oxygen atoms in total. The molecule has 0 bridgehead atoms. The van der Waals surface area contributed by atoms with Crippen LogP contribution in [-0.4, -0.2) is 25.2 Å². The van der Waals surface area contributed by atoms with Crippen LogP contribution in [-0.2, 0) is 9.53 Å². The summed E-state index contributed by atoms with van der Waals surface area (Å²) in [5.41, 5.74) is 7.01. The quantitative estimate of drug-likeness (QED) is 0.431. The maximum atomic E-state index is 11.9. The van der Waals surface area contributed by atoms with Crippen molar-refractivity contribution in [2.45, 2.75) is 18.9 Å². The summed E-state index contributed by atoms with van der Waals surface area (Å²) in [4.78, 5) is 11.9. The van der Waals surface area contributed by atoms with Crippen LogP contribution in [0, 0.1) is 11.3 Å². The molecule has 1 heterocycles. The Kier molecular flexibility index (Phi) is 5.18. The number of carbonyl (C=O) groups excluding carboxylic acids is 1. The zero-order valence-corrected chi connectivity index (χ0v) is 11.6. The highest BCUT2D eigenvalue weighted by Crippen LogP contribution is 2.12. The number of nitrogens with one attached hydrogen (secondary N) is 2. The molecule has 1 amide bonds. The van der Waals surface area contributed by atoms with Gasteiger partial charge in [0.2, 0.25) is 0 Å². The number of nitrogens with two attached hydrogens (primary N) is 1. The van der Waals surface area contributed by atoms with E-state index in [-0.39, 0.29) is 11.7 Å². The summed E-state index contributed by atoms with van der Waals surface area (Å²) in [5.74, 6) is -0.407. The molecule has 1 saturated heterocycles. The average molecular weight is 286 g/mol. The normalized spacial score (nSPS) is 18.0. The van der Waals surface area contributed by atoms with Gasteiger partial charge in [0.1, 0.15) is 11.6 Å². The summed E-state index contributed by atoms with van der Waals surface area (Å²) in [6.45, 7) is 1.17. The SMILES string of the molecule is N#C/C(=C/Nc1ccc(N)cc1)C(=O)NCC1CCCO1. The van der Waals surface area contributed by atoms with Crippen molar-refractivity contribution in [3.05, 3.63) is 36.0 Å². The molecular weight excluding hydrogens is 268 g/mol. The second kappa shape index (κ2) is 7.31. The zero-order chi connectivity index (χ0) is 15.1. The summed E-state index contributed by atoms with van der Waals surface area (Å²) >= 11 is 0. The lowest BCUT2D eigenvalue weighted by atomic mass is 10.2. The molecule has 1 aromatic carbocycles. The number of nitrogen functional groups attached to an aromatic ring is 1. The van der Waals surface area contributed by atoms with Gasteiger partial charge in [-0.2, -0.15) is 5.26 Å². The lowest BCUT2D eigenvalue weighted by Crippen LogP contribution is -2.32. The highest BCUT2D eigenvalue weighted by Gasteiger charge is 2.17. The van der Waals surface area contributed by atoms with Crippen LogP contribution in [0.15, 0.2) is 36.0 Å². The van der Waals surface area contributed by atoms with Crippen molar-refractivity contribution in [3.63, 3.8) is 0 Å². The number of hydrogen-bond donors (Lipinski definition) is 3. The summed E-state index contributed by atoms with van der Waals surface area (Å²) in [5, 5.41) is 14.6. The fourth-order valence-electron chi connectivity index (χ4n) is 1.99. The Hall–Kier alpha value is -2.52. The molecular formula is C15H18N4O2. The molecule has 1 atom stereocenters. The van der Waals surface area contributed by atoms with Crippen molar-refractivity contribution >= 4 is 17.3 Å². The largest absolute Gasteiger partial charge is 0.399 e. The molecule has 0 radical (unpaired) electrons. The molecule has 0 saturated carbocycles. The Morgan fingerprint density at radius 2 is 2.24 bits per heavy atom. The number of anilines is 2. The van der Waals surface area contributed by atoms with E-state index < -0.39 is 5.91 Å². The first kappa shape index (κ1) is 14.9. The lowest BCUT2D eigenvalue weighted by Gasteiger charge is -2.10. The van der Waals surface area contributed by atoms with E-state index >= 15 is 0 Å². The van der Waals surface area contributed by atoms with E-state index in [4.69, 9.17) is 15.7 Å². The molecule has 110 valence electrons. The second-order valence-electron chi connectivity index (χ2n) is 4.78. The van der Waals surface area contributed by atoms with Gasteiger partial charge in [0.05, 0.1) is 6.10 Å². The van der Waals surface area contributed by atoms with Gasteiger partial charge < -0.3 is 21.1 Å². The number of benzene rings is 1. The molecule has 0 aliphatic carbocycles. The van der Waals surface area contributed by atoms with E-state index in [0.717, 1.165) is 25.1 Å². The van der Waals surface area contributed by atoms with Gasteiger partial charge in [0.25, 0.3) is 5.91 Å². The molecule has 1 unspecified atom stereocenters. The predicted molar refractivity (Wildman–Crippen MR) is 80.2 cm³/mol. The molecule has 0 aromatic heterocycles. The number of hydrogen-bond acceptors (Lipinski definition) is 5. The Bertz CT molecular complexity index is 554. The fourth-order valence-corrected chi connectivity index (χ4v) is 1.99. The van der Waals surface area contributed by atoms with Crippen LogP contribution in [0.2, 0.25) is 0 Å². The molecule has 21 heavy (non-hydrogen) atoms. The van der Waals surface area contributed by atoms with Crippen LogP contribution >= 0.6 is 0 Å². The first-order chi connectivity index (χ1) is 10.2. The first-order valence-electron chi connectivity index (χ1n) is 6.81. The minimum Gasteiger partial charge on any atom is -0.399 e. The van der Waals surface area contributed by atoms with E-state index in [9.17, 15) is 4.79 Å². The van der Waals surface area contributed by atoms with Crippen molar-refractivity contribution in [1.29, 1.82) is 5.26 Å². The molecule has 1 aliphatic rings. The van der Waals surface area contributed by atoms with Crippen molar-refractivity contribution < 1.29 is 9.53 Å². The minimum atomic E-state index is -0.407. The Balaban J connectivity index is 1.88. The molecule has 4 N–H and O–H groups in total. The molecule has 0 spiro atoms. The number of ether oxygens (including phenoxy) is 1. The monoisotopic (exact) mass is 286 g/mol. The minimum absolute atomic E-state index is 0.0184. The number of nitrogens with zero attached hydrogens (tertiary/aromatic N) is 1.